The number of nitrogens with one attached hydrogen (secondary N) is 3. The number of ether oxygens (including phenoxy) is 2. The molecule has 0 radical (unpaired) electrons. The molecule has 0 aliphatic rings. The number of benzene rings is 2. The van der Waals surface area contributed by atoms with Gasteiger partial charge in [-0.15, -0.1) is 0 Å². The van der Waals surface area contributed by atoms with Crippen LogP contribution in [0.25, 0.3) is 0 Å². The van der Waals surface area contributed by atoms with Gasteiger partial charge in [0, 0.05) is 31.8 Å². The first-order valence-corrected chi connectivity index (χ1v) is 10.1. The lowest BCUT2D eigenvalue weighted by Crippen LogP contribution is -2.49. The van der Waals surface area contributed by atoms with E-state index in [2.05, 4.69) is 15.7 Å². The molecular formula is C23H26N4O5. The zero-order chi connectivity index (χ0) is 22.9. The van der Waals surface area contributed by atoms with E-state index in [4.69, 9.17) is 9.47 Å². The predicted molar refractivity (Wildman–Crippen MR) is 118 cm³/mol. The average Bonchev–Trinajstić information content (AvgIpc) is 3.14. The van der Waals surface area contributed by atoms with Crippen molar-refractivity contribution in [1.82, 2.24) is 20.4 Å². The smallest absolute Gasteiger partial charge is 0.269 e. The van der Waals surface area contributed by atoms with E-state index in [1.165, 1.54) is 10.9 Å². The van der Waals surface area contributed by atoms with Crippen molar-refractivity contribution >= 4 is 11.8 Å². The number of hydrogen-bond acceptors (Lipinski definition) is 5. The van der Waals surface area contributed by atoms with Crippen molar-refractivity contribution in [2.24, 2.45) is 7.05 Å². The van der Waals surface area contributed by atoms with Crippen LogP contribution in [0, 0.1) is 0 Å². The van der Waals surface area contributed by atoms with Crippen molar-refractivity contribution in [3.8, 4) is 11.5 Å². The Morgan fingerprint density at radius 1 is 1.06 bits per heavy atom. The van der Waals surface area contributed by atoms with Crippen LogP contribution in [-0.2, 0) is 29.6 Å². The zero-order valence-electron chi connectivity index (χ0n) is 18.0. The Kier molecular flexibility index (Phi) is 7.69. The van der Waals surface area contributed by atoms with Crippen molar-refractivity contribution in [3.63, 3.8) is 0 Å². The molecule has 0 aliphatic heterocycles. The first kappa shape index (κ1) is 22.7. The highest BCUT2D eigenvalue weighted by molar-refractivity contribution is 5.88. The van der Waals surface area contributed by atoms with Gasteiger partial charge in [-0.05, 0) is 29.8 Å². The predicted octanol–water partition coefficient (Wildman–Crippen LogP) is 1.14. The minimum absolute atomic E-state index is 0.0467. The number of carbonyl (C=O) groups is 2. The third-order valence-electron chi connectivity index (χ3n) is 4.83. The number of aryl methyl sites for hydroxylation is 1. The van der Waals surface area contributed by atoms with E-state index < -0.39 is 17.9 Å². The van der Waals surface area contributed by atoms with Crippen molar-refractivity contribution < 1.29 is 19.1 Å². The van der Waals surface area contributed by atoms with E-state index in [1.807, 2.05) is 30.3 Å². The Morgan fingerprint density at radius 3 is 2.38 bits per heavy atom. The zero-order valence-corrected chi connectivity index (χ0v) is 18.0. The Bertz CT molecular complexity index is 1090. The lowest BCUT2D eigenvalue weighted by molar-refractivity contribution is -0.130. The highest BCUT2D eigenvalue weighted by Gasteiger charge is 2.23. The number of rotatable bonds is 10. The van der Waals surface area contributed by atoms with Crippen molar-refractivity contribution in [3.05, 3.63) is 82.3 Å². The summed E-state index contributed by atoms with van der Waals surface area (Å²) in [5.41, 5.74) is 1.06. The molecule has 32 heavy (non-hydrogen) atoms. The maximum Gasteiger partial charge on any atom is 0.269 e. The van der Waals surface area contributed by atoms with Crippen LogP contribution in [0.3, 0.4) is 0 Å². The van der Waals surface area contributed by atoms with Crippen LogP contribution in [0.2, 0.25) is 0 Å². The first-order valence-electron chi connectivity index (χ1n) is 10.1. The molecule has 0 bridgehead atoms. The van der Waals surface area contributed by atoms with Crippen LogP contribution in [0.15, 0.2) is 65.6 Å². The molecule has 1 atom stereocenters. The summed E-state index contributed by atoms with van der Waals surface area (Å²) in [4.78, 5) is 37.5. The minimum atomic E-state index is -0.936. The lowest BCUT2D eigenvalue weighted by atomic mass is 10.1. The molecule has 9 heteroatoms. The third kappa shape index (κ3) is 6.24. The number of amides is 2. The number of carbonyl (C=O) groups excluding carboxylic acids is 2. The van der Waals surface area contributed by atoms with Gasteiger partial charge in [-0.3, -0.25) is 19.1 Å². The quantitative estimate of drug-likeness (QED) is 0.439. The Labute approximate surface area is 185 Å². The molecule has 2 amide bonds. The number of aromatic amines is 1. The molecule has 9 nitrogen and oxygen atoms in total. The fourth-order valence-electron chi connectivity index (χ4n) is 3.05. The topological polar surface area (TPSA) is 114 Å². The summed E-state index contributed by atoms with van der Waals surface area (Å²) in [5, 5.41) is 8.25. The average molecular weight is 438 g/mol. The number of hydrogen-bond donors (Lipinski definition) is 3. The van der Waals surface area contributed by atoms with Crippen molar-refractivity contribution in [1.29, 1.82) is 0 Å². The monoisotopic (exact) mass is 438 g/mol. The molecule has 3 N–H and O–H groups in total. The summed E-state index contributed by atoms with van der Waals surface area (Å²) < 4.78 is 11.9. The number of methoxy groups -OCH3 is 1. The van der Waals surface area contributed by atoms with Crippen LogP contribution >= 0.6 is 0 Å². The minimum Gasteiger partial charge on any atom is -0.497 e. The summed E-state index contributed by atoms with van der Waals surface area (Å²) >= 11 is 0. The van der Waals surface area contributed by atoms with Gasteiger partial charge in [-0.2, -0.15) is 0 Å². The van der Waals surface area contributed by atoms with Crippen LogP contribution in [0.5, 0.6) is 11.5 Å². The summed E-state index contributed by atoms with van der Waals surface area (Å²) in [6.45, 7) is 0.0273. The number of aromatic nitrogens is 2. The maximum absolute atomic E-state index is 12.8. The van der Waals surface area contributed by atoms with Gasteiger partial charge < -0.3 is 25.2 Å². The second-order valence-corrected chi connectivity index (χ2v) is 7.15. The highest BCUT2D eigenvalue weighted by atomic mass is 16.5. The standard InChI is InChI=1S/C23H26N4O5/c1-27-23(30)17(14-25-27)12-20(22(29)24-13-16-6-4-3-5-7-16)26-21(28)15-32-19-10-8-18(31-2)9-11-19/h3-11,14,20,25H,12-13,15H2,1-2H3,(H,24,29)(H,26,28). The molecule has 0 fully saturated rings. The highest BCUT2D eigenvalue weighted by Crippen LogP contribution is 2.16. The van der Waals surface area contributed by atoms with E-state index in [0.717, 1.165) is 5.56 Å². The van der Waals surface area contributed by atoms with Crippen molar-refractivity contribution in [2.75, 3.05) is 13.7 Å². The molecule has 0 saturated heterocycles. The molecule has 2 aromatic carbocycles. The molecule has 0 spiro atoms. The maximum atomic E-state index is 12.8. The van der Waals surface area contributed by atoms with Gasteiger partial charge in [0.05, 0.1) is 7.11 Å². The molecule has 0 aliphatic carbocycles. The van der Waals surface area contributed by atoms with Gasteiger partial charge in [0.1, 0.15) is 17.5 Å². The summed E-state index contributed by atoms with van der Waals surface area (Å²) in [6, 6.07) is 15.3. The normalized spacial score (nSPS) is 11.4. The Hall–Kier alpha value is -4.01. The van der Waals surface area contributed by atoms with Gasteiger partial charge >= 0.3 is 0 Å². The van der Waals surface area contributed by atoms with Gasteiger partial charge in [-0.25, -0.2) is 0 Å². The second-order valence-electron chi connectivity index (χ2n) is 7.15. The van der Waals surface area contributed by atoms with Crippen LogP contribution < -0.4 is 25.7 Å². The van der Waals surface area contributed by atoms with E-state index in [1.54, 1.807) is 38.4 Å². The molecule has 3 rings (SSSR count). The molecule has 1 aromatic heterocycles. The van der Waals surface area contributed by atoms with Gasteiger partial charge in [0.25, 0.3) is 11.5 Å². The van der Waals surface area contributed by atoms with Gasteiger partial charge in [0.2, 0.25) is 5.91 Å². The molecule has 1 unspecified atom stereocenters. The van der Waals surface area contributed by atoms with E-state index in [-0.39, 0.29) is 18.6 Å². The molecule has 0 saturated carbocycles. The van der Waals surface area contributed by atoms with Crippen LogP contribution in [-0.4, -0.2) is 41.4 Å². The summed E-state index contributed by atoms with van der Waals surface area (Å²) in [6.07, 6.45) is 1.57. The van der Waals surface area contributed by atoms with Gasteiger partial charge in [-0.1, -0.05) is 30.3 Å². The number of H-pyrrole nitrogens is 1. The van der Waals surface area contributed by atoms with Gasteiger partial charge in [0.15, 0.2) is 6.61 Å². The summed E-state index contributed by atoms with van der Waals surface area (Å²) in [5.74, 6) is 0.290. The second kappa shape index (κ2) is 10.9. The van der Waals surface area contributed by atoms with Crippen LogP contribution in [0.4, 0.5) is 0 Å². The SMILES string of the molecule is COc1ccc(OCC(=O)NC(Cc2c[nH]n(C)c2=O)C(=O)NCc2ccccc2)cc1. The Balaban J connectivity index is 1.63. The number of nitrogens with zero attached hydrogens (tertiary/aromatic N) is 1. The fourth-order valence-corrected chi connectivity index (χ4v) is 3.05. The first-order chi connectivity index (χ1) is 15.5. The largest absolute Gasteiger partial charge is 0.497 e. The lowest BCUT2D eigenvalue weighted by Gasteiger charge is -2.18. The molecule has 1 heterocycles. The van der Waals surface area contributed by atoms with E-state index in [0.29, 0.717) is 23.6 Å². The van der Waals surface area contributed by atoms with E-state index in [9.17, 15) is 14.4 Å². The summed E-state index contributed by atoms with van der Waals surface area (Å²) in [7, 11) is 3.14. The fraction of sp³-hybridized carbons (Fsp3) is 0.261. The molecule has 168 valence electrons. The Morgan fingerprint density at radius 2 is 1.75 bits per heavy atom. The molecular weight excluding hydrogens is 412 g/mol. The third-order valence-corrected chi connectivity index (χ3v) is 4.83. The van der Waals surface area contributed by atoms with Crippen LogP contribution in [0.1, 0.15) is 11.1 Å². The molecule has 3 aromatic rings. The van der Waals surface area contributed by atoms with E-state index >= 15 is 0 Å². The van der Waals surface area contributed by atoms with Crippen molar-refractivity contribution in [2.45, 2.75) is 19.0 Å².